The average Bonchev–Trinajstić information content (AvgIpc) is 3.66. The van der Waals surface area contributed by atoms with Gasteiger partial charge in [-0.3, -0.25) is 27.8 Å². The Bertz CT molecular complexity index is 2770. The molecular formula is C37H32F2N6O5S. The van der Waals surface area contributed by atoms with E-state index in [1.807, 2.05) is 9.30 Å². The van der Waals surface area contributed by atoms with Gasteiger partial charge in [0.05, 0.1) is 46.3 Å². The van der Waals surface area contributed by atoms with Crippen molar-refractivity contribution in [1.82, 2.24) is 23.8 Å². The van der Waals surface area contributed by atoms with Crippen molar-refractivity contribution in [2.45, 2.75) is 33.0 Å². The summed E-state index contributed by atoms with van der Waals surface area (Å²) in [5, 5.41) is 0.743. The van der Waals surface area contributed by atoms with Crippen LogP contribution in [0.15, 0.2) is 76.1 Å². The normalized spacial score (nSPS) is 14.2. The molecule has 1 fully saturated rings. The standard InChI is InChI=1S/C37H32F2N6O5S/c1-5-31(46)35-24-14-23(29(42(3)51(4,48)49)16-32(24)50-37(35)44-12-11-20(2)13-34(44)47)26-9-10-27-36(41-26)30-15-22-25(39)7-6-8-28(22)45(30)33(40-27)19-43-17-21(38)18-43/h6-16,21H,5,17-19H2,1-4H3. The van der Waals surface area contributed by atoms with Gasteiger partial charge in [0.25, 0.3) is 5.56 Å². The lowest BCUT2D eigenvalue weighted by molar-refractivity contribution is 0.0567. The minimum Gasteiger partial charge on any atom is -0.439 e. The summed E-state index contributed by atoms with van der Waals surface area (Å²) in [6, 6.07) is 16.3. The Morgan fingerprint density at radius 3 is 2.53 bits per heavy atom. The molecule has 260 valence electrons. The molecule has 8 rings (SSSR count). The number of aryl methyl sites for hydroxylation is 1. The largest absolute Gasteiger partial charge is 0.439 e. The third-order valence-corrected chi connectivity index (χ3v) is 10.7. The minimum atomic E-state index is -3.81. The zero-order valence-electron chi connectivity index (χ0n) is 28.1. The SMILES string of the molecule is CCC(=O)c1c(-n2ccc(C)cc2=O)oc2cc(N(C)S(C)(=O)=O)c(-c3ccc4nc(CN5CC(F)C5)n5c6cccc(F)c6cc5c4n3)cc12. The van der Waals surface area contributed by atoms with Crippen LogP contribution < -0.4 is 9.86 Å². The van der Waals surface area contributed by atoms with E-state index < -0.39 is 27.6 Å². The summed E-state index contributed by atoms with van der Waals surface area (Å²) in [7, 11) is -2.41. The third kappa shape index (κ3) is 5.36. The van der Waals surface area contributed by atoms with E-state index >= 15 is 4.39 Å². The molecule has 0 spiro atoms. The molecule has 0 saturated carbocycles. The highest BCUT2D eigenvalue weighted by molar-refractivity contribution is 7.92. The fourth-order valence-corrected chi connectivity index (χ4v) is 7.29. The Labute approximate surface area is 290 Å². The highest BCUT2D eigenvalue weighted by atomic mass is 32.2. The summed E-state index contributed by atoms with van der Waals surface area (Å²) in [6.45, 7) is 4.39. The molecule has 0 unspecified atom stereocenters. The number of nitrogens with zero attached hydrogens (tertiary/aromatic N) is 6. The summed E-state index contributed by atoms with van der Waals surface area (Å²) in [5.41, 5.74) is 3.74. The van der Waals surface area contributed by atoms with Gasteiger partial charge in [0.1, 0.15) is 28.9 Å². The molecule has 0 atom stereocenters. The molecule has 11 nitrogen and oxygen atoms in total. The number of aromatic nitrogens is 4. The van der Waals surface area contributed by atoms with Crippen LogP contribution in [0.2, 0.25) is 0 Å². The second-order valence-corrected chi connectivity index (χ2v) is 15.0. The maximum absolute atomic E-state index is 15.2. The maximum atomic E-state index is 15.2. The first kappa shape index (κ1) is 32.7. The molecule has 14 heteroatoms. The molecule has 0 radical (unpaired) electrons. The van der Waals surface area contributed by atoms with Crippen LogP contribution in [-0.2, 0) is 16.6 Å². The second kappa shape index (κ2) is 11.8. The van der Waals surface area contributed by atoms with Crippen LogP contribution >= 0.6 is 0 Å². The number of likely N-dealkylation sites (tertiary alicyclic amines) is 1. The number of pyridine rings is 2. The van der Waals surface area contributed by atoms with E-state index in [0.29, 0.717) is 56.5 Å². The number of furan rings is 1. The fourth-order valence-electron chi connectivity index (χ4n) is 6.78. The number of anilines is 1. The number of alkyl halides is 1. The Morgan fingerprint density at radius 2 is 1.82 bits per heavy atom. The monoisotopic (exact) mass is 710 g/mol. The van der Waals surface area contributed by atoms with E-state index in [2.05, 4.69) is 0 Å². The molecule has 0 bridgehead atoms. The van der Waals surface area contributed by atoms with Crippen molar-refractivity contribution < 1.29 is 26.4 Å². The van der Waals surface area contributed by atoms with E-state index in [1.54, 1.807) is 56.3 Å². The van der Waals surface area contributed by atoms with E-state index in [1.165, 1.54) is 36.0 Å². The number of halogens is 2. The van der Waals surface area contributed by atoms with Gasteiger partial charge in [-0.05, 0) is 55.0 Å². The number of sulfonamides is 1. The molecule has 51 heavy (non-hydrogen) atoms. The van der Waals surface area contributed by atoms with Crippen LogP contribution in [-0.4, -0.2) is 70.6 Å². The van der Waals surface area contributed by atoms with Crippen molar-refractivity contribution in [3.05, 3.63) is 100.0 Å². The van der Waals surface area contributed by atoms with Crippen LogP contribution in [0.5, 0.6) is 0 Å². The molecule has 5 aromatic heterocycles. The number of carbonyl (C=O) groups is 1. The Balaban J connectivity index is 1.41. The van der Waals surface area contributed by atoms with Crippen molar-refractivity contribution >= 4 is 59.9 Å². The van der Waals surface area contributed by atoms with Crippen LogP contribution in [0.3, 0.4) is 0 Å². The summed E-state index contributed by atoms with van der Waals surface area (Å²) in [4.78, 5) is 38.4. The Hall–Kier alpha value is -5.47. The number of hydrogen-bond acceptors (Lipinski definition) is 8. The second-order valence-electron chi connectivity index (χ2n) is 13.0. The highest BCUT2D eigenvalue weighted by Gasteiger charge is 2.29. The number of fused-ring (bicyclic) bond motifs is 6. The van der Waals surface area contributed by atoms with Crippen LogP contribution in [0, 0.1) is 12.7 Å². The van der Waals surface area contributed by atoms with Crippen molar-refractivity contribution in [1.29, 1.82) is 0 Å². The first-order valence-electron chi connectivity index (χ1n) is 16.4. The lowest BCUT2D eigenvalue weighted by atomic mass is 10.0. The number of carbonyl (C=O) groups excluding carboxylic acids is 1. The van der Waals surface area contributed by atoms with E-state index in [4.69, 9.17) is 14.4 Å². The van der Waals surface area contributed by atoms with Gasteiger partial charge in [0, 0.05) is 61.2 Å². The number of Topliss-reactive ketones (excluding diaryl/α,β-unsaturated/α-hetero) is 1. The summed E-state index contributed by atoms with van der Waals surface area (Å²) in [5.74, 6) is -0.0729. The summed E-state index contributed by atoms with van der Waals surface area (Å²) < 4.78 is 65.2. The van der Waals surface area contributed by atoms with Gasteiger partial charge in [-0.1, -0.05) is 13.0 Å². The molecule has 1 saturated heterocycles. The van der Waals surface area contributed by atoms with Gasteiger partial charge in [0.15, 0.2) is 5.78 Å². The quantitative estimate of drug-likeness (QED) is 0.171. The summed E-state index contributed by atoms with van der Waals surface area (Å²) >= 11 is 0. The van der Waals surface area contributed by atoms with Gasteiger partial charge < -0.3 is 4.42 Å². The zero-order chi connectivity index (χ0) is 35.9. The summed E-state index contributed by atoms with van der Waals surface area (Å²) in [6.07, 6.45) is 1.81. The lowest BCUT2D eigenvalue weighted by Crippen LogP contribution is -2.47. The molecule has 1 aliphatic heterocycles. The molecule has 0 aliphatic carbocycles. The van der Waals surface area contributed by atoms with Crippen LogP contribution in [0.1, 0.15) is 35.1 Å². The molecule has 1 aliphatic rings. The number of hydrogen-bond donors (Lipinski definition) is 0. The smallest absolute Gasteiger partial charge is 0.257 e. The highest BCUT2D eigenvalue weighted by Crippen LogP contribution is 2.40. The predicted octanol–water partition coefficient (Wildman–Crippen LogP) is 6.19. The van der Waals surface area contributed by atoms with Gasteiger partial charge in [-0.2, -0.15) is 0 Å². The van der Waals surface area contributed by atoms with Crippen molar-refractivity contribution in [2.24, 2.45) is 0 Å². The fraction of sp³-hybridized carbons (Fsp3) is 0.243. The van der Waals surface area contributed by atoms with Gasteiger partial charge in [-0.25, -0.2) is 27.2 Å². The molecule has 0 N–H and O–H groups in total. The van der Waals surface area contributed by atoms with E-state index in [0.717, 1.165) is 16.1 Å². The number of rotatable bonds is 8. The number of benzene rings is 2. The molecule has 2 aromatic carbocycles. The molecule has 6 heterocycles. The van der Waals surface area contributed by atoms with Crippen LogP contribution in [0.25, 0.3) is 55.6 Å². The zero-order valence-corrected chi connectivity index (χ0v) is 29.0. The maximum Gasteiger partial charge on any atom is 0.257 e. The third-order valence-electron chi connectivity index (χ3n) is 9.49. The van der Waals surface area contributed by atoms with Gasteiger partial charge in [-0.15, -0.1) is 0 Å². The average molecular weight is 711 g/mol. The molecule has 7 aromatic rings. The first-order chi connectivity index (χ1) is 24.3. The Morgan fingerprint density at radius 1 is 1.04 bits per heavy atom. The van der Waals surface area contributed by atoms with Gasteiger partial charge in [0.2, 0.25) is 15.9 Å². The minimum absolute atomic E-state index is 0.0278. The van der Waals surface area contributed by atoms with Crippen molar-refractivity contribution in [2.75, 3.05) is 30.7 Å². The lowest BCUT2D eigenvalue weighted by Gasteiger charge is -2.34. The van der Waals surface area contributed by atoms with Crippen molar-refractivity contribution in [3.63, 3.8) is 0 Å². The van der Waals surface area contributed by atoms with Crippen LogP contribution in [0.4, 0.5) is 14.5 Å². The molecular weight excluding hydrogens is 679 g/mol. The number of ketones is 1. The van der Waals surface area contributed by atoms with Crippen molar-refractivity contribution in [3.8, 4) is 17.1 Å². The Kier molecular flexibility index (Phi) is 7.58. The van der Waals surface area contributed by atoms with Gasteiger partial charge >= 0.3 is 0 Å². The first-order valence-corrected chi connectivity index (χ1v) is 18.2. The molecule has 0 amide bonds. The van der Waals surface area contributed by atoms with E-state index in [-0.39, 0.29) is 48.0 Å². The van der Waals surface area contributed by atoms with E-state index in [9.17, 15) is 22.4 Å². The predicted molar refractivity (Wildman–Crippen MR) is 192 cm³/mol. The topological polar surface area (TPSA) is 123 Å².